The van der Waals surface area contributed by atoms with Crippen molar-refractivity contribution < 1.29 is 9.21 Å². The predicted molar refractivity (Wildman–Crippen MR) is 122 cm³/mol. The number of fused-ring (bicyclic) bond motifs is 1. The molecule has 1 amide bonds. The number of oxazole rings is 1. The van der Waals surface area contributed by atoms with Crippen LogP contribution in [-0.2, 0) is 11.3 Å². The molecule has 0 unspecified atom stereocenters. The number of amides is 1. The van der Waals surface area contributed by atoms with Crippen molar-refractivity contribution >= 4 is 28.7 Å². The molecule has 1 aromatic heterocycles. The van der Waals surface area contributed by atoms with Gasteiger partial charge in [0.25, 0.3) is 6.01 Å². The number of aromatic nitrogens is 1. The molecule has 2 heterocycles. The van der Waals surface area contributed by atoms with Gasteiger partial charge in [0.2, 0.25) is 5.91 Å². The maximum atomic E-state index is 12.7. The van der Waals surface area contributed by atoms with Gasteiger partial charge < -0.3 is 14.6 Å². The number of nitrogens with one attached hydrogen (secondary N) is 1. The highest BCUT2D eigenvalue weighted by molar-refractivity contribution is 5.79. The van der Waals surface area contributed by atoms with Gasteiger partial charge in [-0.25, -0.2) is 0 Å². The van der Waals surface area contributed by atoms with E-state index in [0.717, 1.165) is 62.4 Å². The van der Waals surface area contributed by atoms with Crippen LogP contribution in [0.4, 0.5) is 11.7 Å². The number of hydrogen-bond donors (Lipinski definition) is 1. The Kier molecular flexibility index (Phi) is 5.64. The lowest BCUT2D eigenvalue weighted by Gasteiger charge is -2.36. The molecule has 1 aliphatic heterocycles. The molecule has 1 aliphatic carbocycles. The Labute approximate surface area is 183 Å². The lowest BCUT2D eigenvalue weighted by molar-refractivity contribution is -0.137. The fourth-order valence-corrected chi connectivity index (χ4v) is 4.83. The van der Waals surface area contributed by atoms with E-state index in [-0.39, 0.29) is 5.92 Å². The average molecular weight is 419 g/mol. The second-order valence-electron chi connectivity index (χ2n) is 8.78. The van der Waals surface area contributed by atoms with E-state index < -0.39 is 0 Å². The molecule has 1 saturated carbocycles. The maximum Gasteiger partial charge on any atom is 0.300 e. The van der Waals surface area contributed by atoms with Crippen molar-refractivity contribution in [3.05, 3.63) is 53.6 Å². The summed E-state index contributed by atoms with van der Waals surface area (Å²) >= 11 is 0. The Morgan fingerprint density at radius 2 is 1.84 bits per heavy atom. The summed E-state index contributed by atoms with van der Waals surface area (Å²) in [5, 5.41) is 3.34. The van der Waals surface area contributed by atoms with Gasteiger partial charge >= 0.3 is 0 Å². The third kappa shape index (κ3) is 4.30. The first kappa shape index (κ1) is 20.1. The predicted octanol–water partition coefficient (Wildman–Crippen LogP) is 4.71. The summed E-state index contributed by atoms with van der Waals surface area (Å²) in [6, 6.07) is 14.6. The van der Waals surface area contributed by atoms with Crippen molar-refractivity contribution in [3.63, 3.8) is 0 Å². The van der Waals surface area contributed by atoms with Gasteiger partial charge in [0.15, 0.2) is 5.58 Å². The van der Waals surface area contributed by atoms with Gasteiger partial charge in [0.05, 0.1) is 0 Å². The molecule has 1 saturated heterocycles. The fourth-order valence-electron chi connectivity index (χ4n) is 4.83. The van der Waals surface area contributed by atoms with Crippen molar-refractivity contribution in [2.24, 2.45) is 5.92 Å². The third-order valence-electron chi connectivity index (χ3n) is 6.76. The molecule has 31 heavy (non-hydrogen) atoms. The quantitative estimate of drug-likeness (QED) is 0.650. The number of benzene rings is 2. The number of nitrogens with zero attached hydrogens (tertiary/aromatic N) is 3. The first-order valence-corrected chi connectivity index (χ1v) is 11.4. The molecule has 162 valence electrons. The summed E-state index contributed by atoms with van der Waals surface area (Å²) in [6.07, 6.45) is 4.59. The van der Waals surface area contributed by atoms with E-state index in [2.05, 4.69) is 45.2 Å². The Hall–Kier alpha value is -2.86. The zero-order chi connectivity index (χ0) is 21.2. The molecule has 5 rings (SSSR count). The number of carbonyl (C=O) groups excluding carboxylic acids is 1. The van der Waals surface area contributed by atoms with Crippen molar-refractivity contribution in [1.82, 2.24) is 14.8 Å². The molecule has 0 spiro atoms. The molecule has 0 bridgehead atoms. The Balaban J connectivity index is 1.22. The van der Waals surface area contributed by atoms with Crippen LogP contribution >= 0.6 is 0 Å². The average Bonchev–Trinajstić information content (AvgIpc) is 3.46. The molecule has 6 nitrogen and oxygen atoms in total. The second kappa shape index (κ2) is 8.71. The van der Waals surface area contributed by atoms with Crippen molar-refractivity contribution in [2.75, 3.05) is 31.5 Å². The highest BCUT2D eigenvalue weighted by Gasteiger charge is 2.29. The summed E-state index contributed by atoms with van der Waals surface area (Å²) in [4.78, 5) is 21.7. The van der Waals surface area contributed by atoms with Crippen molar-refractivity contribution in [3.8, 4) is 0 Å². The van der Waals surface area contributed by atoms with Gasteiger partial charge in [-0.05, 0) is 49.1 Å². The second-order valence-corrected chi connectivity index (χ2v) is 8.78. The summed E-state index contributed by atoms with van der Waals surface area (Å²) in [5.74, 6) is 0.668. The van der Waals surface area contributed by atoms with Crippen LogP contribution in [0, 0.1) is 12.8 Å². The number of para-hydroxylation sites is 2. The van der Waals surface area contributed by atoms with Crippen LogP contribution in [0.15, 0.2) is 46.9 Å². The van der Waals surface area contributed by atoms with Crippen LogP contribution < -0.4 is 5.32 Å². The number of hydrogen-bond acceptors (Lipinski definition) is 5. The lowest BCUT2D eigenvalue weighted by Crippen LogP contribution is -2.49. The number of piperazine rings is 1. The van der Waals surface area contributed by atoms with E-state index in [1.807, 2.05) is 24.3 Å². The van der Waals surface area contributed by atoms with Crippen LogP contribution in [0.2, 0.25) is 0 Å². The largest absolute Gasteiger partial charge is 0.423 e. The SMILES string of the molecule is Cc1c(CN2CCN(C(=O)C3CCCC3)CC2)cccc1Nc1nc2ccccc2o1. The lowest BCUT2D eigenvalue weighted by atomic mass is 10.0. The summed E-state index contributed by atoms with van der Waals surface area (Å²) < 4.78 is 5.82. The molecule has 2 fully saturated rings. The highest BCUT2D eigenvalue weighted by Crippen LogP contribution is 2.28. The zero-order valence-corrected chi connectivity index (χ0v) is 18.1. The van der Waals surface area contributed by atoms with E-state index in [4.69, 9.17) is 4.42 Å². The molecule has 0 atom stereocenters. The molecule has 2 aliphatic rings. The van der Waals surface area contributed by atoms with Gasteiger partial charge in [-0.2, -0.15) is 4.98 Å². The molecule has 6 heteroatoms. The Morgan fingerprint density at radius 1 is 1.06 bits per heavy atom. The van der Waals surface area contributed by atoms with Crippen molar-refractivity contribution in [1.29, 1.82) is 0 Å². The first-order valence-electron chi connectivity index (χ1n) is 11.4. The van der Waals surface area contributed by atoms with Crippen LogP contribution in [0.3, 0.4) is 0 Å². The third-order valence-corrected chi connectivity index (χ3v) is 6.76. The van der Waals surface area contributed by atoms with E-state index in [0.29, 0.717) is 11.9 Å². The number of rotatable bonds is 5. The van der Waals surface area contributed by atoms with E-state index in [9.17, 15) is 4.79 Å². The van der Waals surface area contributed by atoms with Gasteiger partial charge in [0.1, 0.15) is 5.52 Å². The molecule has 2 aromatic carbocycles. The van der Waals surface area contributed by atoms with Gasteiger partial charge in [-0.15, -0.1) is 0 Å². The standard InChI is InChI=1S/C25H30N4O2/c1-18-20(17-28-13-15-29(16-14-28)24(30)19-7-2-3-8-19)9-6-11-21(18)26-25-27-22-10-4-5-12-23(22)31-25/h4-6,9-12,19H,2-3,7-8,13-17H2,1H3,(H,26,27). The van der Waals surface area contributed by atoms with Gasteiger partial charge in [-0.3, -0.25) is 9.69 Å². The summed E-state index contributed by atoms with van der Waals surface area (Å²) in [7, 11) is 0. The fraction of sp³-hybridized carbons (Fsp3) is 0.440. The Morgan fingerprint density at radius 3 is 2.61 bits per heavy atom. The number of carbonyl (C=O) groups is 1. The monoisotopic (exact) mass is 418 g/mol. The number of anilines is 2. The normalized spacial score (nSPS) is 18.0. The van der Waals surface area contributed by atoms with Crippen LogP contribution in [0.1, 0.15) is 36.8 Å². The highest BCUT2D eigenvalue weighted by atomic mass is 16.4. The summed E-state index contributed by atoms with van der Waals surface area (Å²) in [6.45, 7) is 6.58. The van der Waals surface area contributed by atoms with Crippen LogP contribution in [0.5, 0.6) is 0 Å². The smallest absolute Gasteiger partial charge is 0.300 e. The molecular weight excluding hydrogens is 388 g/mol. The zero-order valence-electron chi connectivity index (χ0n) is 18.1. The minimum absolute atomic E-state index is 0.281. The molecule has 3 aromatic rings. The maximum absolute atomic E-state index is 12.7. The van der Waals surface area contributed by atoms with Crippen LogP contribution in [0.25, 0.3) is 11.1 Å². The van der Waals surface area contributed by atoms with Crippen LogP contribution in [-0.4, -0.2) is 46.9 Å². The first-order chi connectivity index (χ1) is 15.2. The van der Waals surface area contributed by atoms with Gasteiger partial charge in [-0.1, -0.05) is 37.1 Å². The molecular formula is C25H30N4O2. The summed E-state index contributed by atoms with van der Waals surface area (Å²) in [5.41, 5.74) is 5.14. The minimum Gasteiger partial charge on any atom is -0.423 e. The molecule has 1 N–H and O–H groups in total. The van der Waals surface area contributed by atoms with Gasteiger partial charge in [0, 0.05) is 44.3 Å². The topological polar surface area (TPSA) is 61.6 Å². The van der Waals surface area contributed by atoms with E-state index in [1.165, 1.54) is 24.0 Å². The molecule has 0 radical (unpaired) electrons. The van der Waals surface area contributed by atoms with Crippen molar-refractivity contribution in [2.45, 2.75) is 39.2 Å². The minimum atomic E-state index is 0.281. The Bertz CT molecular complexity index is 1030. The van der Waals surface area contributed by atoms with E-state index in [1.54, 1.807) is 0 Å². The van der Waals surface area contributed by atoms with E-state index >= 15 is 0 Å².